The molecule has 2 N–H and O–H groups in total. The summed E-state index contributed by atoms with van der Waals surface area (Å²) < 4.78 is 4.99. The topological polar surface area (TPSA) is 121 Å². The van der Waals surface area contributed by atoms with E-state index in [4.69, 9.17) is 23.9 Å². The zero-order valence-electron chi connectivity index (χ0n) is 16.6. The molecule has 158 valence electrons. The molecule has 6 heterocycles. The smallest absolute Gasteiger partial charge is 0.273 e. The molecule has 0 aliphatic carbocycles. The van der Waals surface area contributed by atoms with E-state index in [9.17, 15) is 0 Å². The predicted molar refractivity (Wildman–Crippen MR) is 118 cm³/mol. The van der Waals surface area contributed by atoms with Crippen LogP contribution in [0.25, 0.3) is 21.8 Å². The number of hydrogen-bond acceptors (Lipinski definition) is 7. The van der Waals surface area contributed by atoms with Gasteiger partial charge < -0.3 is 10.6 Å². The molecule has 6 aromatic heterocycles. The Morgan fingerprint density at radius 2 is 1.28 bits per heavy atom. The minimum atomic E-state index is 0.401. The lowest BCUT2D eigenvalue weighted by molar-refractivity contribution is 0.903. The van der Waals surface area contributed by atoms with Crippen LogP contribution in [-0.4, -0.2) is 43.8 Å². The van der Waals surface area contributed by atoms with Gasteiger partial charge in [0.15, 0.2) is 11.3 Å². The van der Waals surface area contributed by atoms with Gasteiger partial charge in [0.2, 0.25) is 5.65 Å². The molecule has 0 fully saturated rings. The van der Waals surface area contributed by atoms with Gasteiger partial charge in [-0.3, -0.25) is 0 Å². The van der Waals surface area contributed by atoms with Crippen molar-refractivity contribution in [3.05, 3.63) is 95.8 Å². The molecule has 0 aliphatic heterocycles. The van der Waals surface area contributed by atoms with Gasteiger partial charge in [0, 0.05) is 43.3 Å². The summed E-state index contributed by atoms with van der Waals surface area (Å²) in [5.41, 5.74) is 8.62. The summed E-state index contributed by atoms with van der Waals surface area (Å²) in [5, 5.41) is 12.4. The Morgan fingerprint density at radius 3 is 1.88 bits per heavy atom. The van der Waals surface area contributed by atoms with Crippen LogP contribution < -0.4 is 5.73 Å². The first-order valence-electron chi connectivity index (χ1n) is 9.29. The third-order valence-corrected chi connectivity index (χ3v) is 4.32. The Kier molecular flexibility index (Phi) is 6.26. The highest BCUT2D eigenvalue weighted by atomic mass is 35.5. The summed E-state index contributed by atoms with van der Waals surface area (Å²) in [6, 6.07) is 10.6. The normalized spacial score (nSPS) is 10.3. The van der Waals surface area contributed by atoms with Crippen molar-refractivity contribution >= 4 is 34.4 Å². The molecule has 0 unspecified atom stereocenters. The van der Waals surface area contributed by atoms with Gasteiger partial charge >= 0.3 is 0 Å². The summed E-state index contributed by atoms with van der Waals surface area (Å²) in [6.45, 7) is 7.18. The van der Waals surface area contributed by atoms with E-state index in [0.717, 1.165) is 17.0 Å². The van der Waals surface area contributed by atoms with Gasteiger partial charge in [-0.1, -0.05) is 18.2 Å². The van der Waals surface area contributed by atoms with Crippen molar-refractivity contribution in [2.45, 2.75) is 6.54 Å². The fraction of sp³-hybridized carbons (Fsp3) is 0.0500. The Hall–Kier alpha value is -4.40. The maximum Gasteiger partial charge on any atom is 0.273 e. The second-order valence-corrected chi connectivity index (χ2v) is 6.56. The van der Waals surface area contributed by atoms with Gasteiger partial charge in [0.25, 0.3) is 5.82 Å². The van der Waals surface area contributed by atoms with Gasteiger partial charge in [-0.25, -0.2) is 23.5 Å². The van der Waals surface area contributed by atoms with Crippen LogP contribution in [-0.2, 0) is 6.54 Å². The van der Waals surface area contributed by atoms with Gasteiger partial charge in [-0.2, -0.15) is 15.3 Å². The van der Waals surface area contributed by atoms with Crippen molar-refractivity contribution < 1.29 is 0 Å². The van der Waals surface area contributed by atoms with E-state index in [1.165, 1.54) is 0 Å². The number of nitrogens with zero attached hydrogens (tertiary/aromatic N) is 10. The first-order valence-corrected chi connectivity index (χ1v) is 9.67. The highest BCUT2D eigenvalue weighted by Crippen LogP contribution is 2.08. The van der Waals surface area contributed by atoms with Crippen molar-refractivity contribution in [1.82, 2.24) is 43.8 Å². The van der Waals surface area contributed by atoms with E-state index >= 15 is 0 Å². The first kappa shape index (κ1) is 20.9. The number of halogens is 1. The monoisotopic (exact) mass is 445 g/mol. The number of fused-ring (bicyclic) bond motifs is 3. The van der Waals surface area contributed by atoms with Crippen molar-refractivity contribution in [1.29, 1.82) is 0 Å². The van der Waals surface area contributed by atoms with Crippen molar-refractivity contribution in [2.75, 3.05) is 0 Å². The number of hydrogen-bond donors (Lipinski definition) is 1. The van der Waals surface area contributed by atoms with Crippen LogP contribution in [0.1, 0.15) is 5.69 Å². The number of nitrogens with two attached hydrogens (primary N) is 1. The highest BCUT2D eigenvalue weighted by Gasteiger charge is 1.98. The van der Waals surface area contributed by atoms with Crippen LogP contribution in [0.2, 0.25) is 5.15 Å². The molecule has 0 spiro atoms. The second-order valence-electron chi connectivity index (χ2n) is 6.17. The van der Waals surface area contributed by atoms with Crippen LogP contribution in [0.5, 0.6) is 0 Å². The molecule has 6 aromatic rings. The highest BCUT2D eigenvalue weighted by molar-refractivity contribution is 6.29. The first-order chi connectivity index (χ1) is 15.7. The molecule has 0 radical (unpaired) electrons. The van der Waals surface area contributed by atoms with Crippen molar-refractivity contribution in [2.24, 2.45) is 5.73 Å². The molecule has 0 saturated heterocycles. The summed E-state index contributed by atoms with van der Waals surface area (Å²) >= 11 is 5.62. The third-order valence-electron chi connectivity index (χ3n) is 4.11. The minimum Gasteiger partial charge on any atom is -0.361 e. The largest absolute Gasteiger partial charge is 0.361 e. The van der Waals surface area contributed by atoms with Gasteiger partial charge in [-0.15, -0.1) is 4.98 Å². The Labute approximate surface area is 186 Å². The quantitative estimate of drug-likeness (QED) is 0.305. The zero-order valence-corrected chi connectivity index (χ0v) is 17.3. The van der Waals surface area contributed by atoms with Gasteiger partial charge in [0.05, 0.1) is 24.3 Å². The standard InChI is InChI=1S/C7H4N4.C7H8N4.C6H4ClN3/c1-8-6-3-5-11-7(10-6)2-4-9-11;8-5-6-2-4-11-7(10-6)1-3-9-11;7-5-2-4-10-6(9-5)1-3-8-10/h2-5H;1-4H,5,8H2;1-4H. The fourth-order valence-corrected chi connectivity index (χ4v) is 2.76. The van der Waals surface area contributed by atoms with E-state index in [1.54, 1.807) is 68.8 Å². The molecular weight excluding hydrogens is 430 g/mol. The van der Waals surface area contributed by atoms with Gasteiger partial charge in [0.1, 0.15) is 5.15 Å². The Bertz CT molecular complexity index is 1510. The lowest BCUT2D eigenvalue weighted by Gasteiger charge is -1.95. The molecule has 12 heteroatoms. The predicted octanol–water partition coefficient (Wildman–Crippen LogP) is 2.85. The van der Waals surface area contributed by atoms with Crippen LogP contribution in [0.15, 0.2) is 73.6 Å². The van der Waals surface area contributed by atoms with Crippen molar-refractivity contribution in [3.63, 3.8) is 0 Å². The average molecular weight is 446 g/mol. The number of aromatic nitrogens is 9. The summed E-state index contributed by atoms with van der Waals surface area (Å²) in [4.78, 5) is 15.4. The second kappa shape index (κ2) is 9.61. The molecule has 0 amide bonds. The fourth-order valence-electron chi connectivity index (χ4n) is 2.62. The number of rotatable bonds is 1. The molecule has 0 aliphatic rings. The molecule has 0 atom stereocenters. The summed E-state index contributed by atoms with van der Waals surface area (Å²) in [5.74, 6) is 0.401. The van der Waals surface area contributed by atoms with Crippen LogP contribution >= 0.6 is 11.6 Å². The lowest BCUT2D eigenvalue weighted by Crippen LogP contribution is -2.01. The molecule has 11 nitrogen and oxygen atoms in total. The van der Waals surface area contributed by atoms with Crippen molar-refractivity contribution in [3.8, 4) is 0 Å². The van der Waals surface area contributed by atoms with E-state index in [1.807, 2.05) is 18.3 Å². The molecule has 6 rings (SSSR count). The minimum absolute atomic E-state index is 0.401. The van der Waals surface area contributed by atoms with Gasteiger partial charge in [-0.05, 0) is 18.2 Å². The molecule has 0 bridgehead atoms. The lowest BCUT2D eigenvalue weighted by atomic mass is 10.4. The van der Waals surface area contributed by atoms with E-state index < -0.39 is 0 Å². The zero-order chi connectivity index (χ0) is 22.3. The van der Waals surface area contributed by atoms with Crippen LogP contribution in [0.4, 0.5) is 5.82 Å². The van der Waals surface area contributed by atoms with E-state index in [2.05, 4.69) is 35.1 Å². The van der Waals surface area contributed by atoms with Crippen LogP contribution in [0, 0.1) is 6.57 Å². The summed E-state index contributed by atoms with van der Waals surface area (Å²) in [7, 11) is 0. The maximum absolute atomic E-state index is 6.70. The molecule has 0 aromatic carbocycles. The third kappa shape index (κ3) is 4.84. The SMILES string of the molecule is Clc1ccn2nccc2n1.NCc1ccn2nccc2n1.[C-]#[N+]c1ccn2nccc2n1. The molecule has 0 saturated carbocycles. The Balaban J connectivity index is 0.000000115. The van der Waals surface area contributed by atoms with E-state index in [-0.39, 0.29) is 0 Å². The average Bonchev–Trinajstić information content (AvgIpc) is 3.58. The molecular formula is C20H16ClN11. The molecule has 32 heavy (non-hydrogen) atoms. The van der Waals surface area contributed by atoms with Crippen LogP contribution in [0.3, 0.4) is 0 Å². The Morgan fingerprint density at radius 1 is 0.750 bits per heavy atom. The summed E-state index contributed by atoms with van der Waals surface area (Å²) in [6.07, 6.45) is 10.4. The maximum atomic E-state index is 6.70. The van der Waals surface area contributed by atoms with E-state index in [0.29, 0.717) is 23.2 Å².